The third kappa shape index (κ3) is 4.20. The van der Waals surface area contributed by atoms with Crippen LogP contribution < -0.4 is 5.32 Å². The van der Waals surface area contributed by atoms with E-state index in [-0.39, 0.29) is 12.0 Å². The molecule has 1 aliphatic rings. The largest absolute Gasteiger partial charge is 0.376 e. The molecule has 0 bridgehead atoms. The Morgan fingerprint density at radius 3 is 2.61 bits per heavy atom. The van der Waals surface area contributed by atoms with Crippen molar-refractivity contribution in [1.82, 2.24) is 20.1 Å². The van der Waals surface area contributed by atoms with E-state index in [0.29, 0.717) is 24.3 Å². The number of rotatable bonds is 6. The van der Waals surface area contributed by atoms with Gasteiger partial charge in [-0.3, -0.25) is 4.79 Å². The Labute approximate surface area is 180 Å². The zero-order valence-corrected chi connectivity index (χ0v) is 17.2. The maximum atomic E-state index is 13.1. The van der Waals surface area contributed by atoms with Crippen molar-refractivity contribution in [3.05, 3.63) is 84.1 Å². The number of carbonyl (C=O) groups excluding carboxylic acids is 1. The van der Waals surface area contributed by atoms with E-state index < -0.39 is 0 Å². The summed E-state index contributed by atoms with van der Waals surface area (Å²) in [5, 5.41) is 8.35. The van der Waals surface area contributed by atoms with Gasteiger partial charge in [0.15, 0.2) is 5.65 Å². The fourth-order valence-corrected chi connectivity index (χ4v) is 3.97. The minimum atomic E-state index is -0.126. The first-order chi connectivity index (χ1) is 15.3. The fourth-order valence-electron chi connectivity index (χ4n) is 3.97. The molecule has 0 saturated carbocycles. The molecule has 1 aliphatic heterocycles. The number of hydrogen-bond donors (Lipinski definition) is 1. The zero-order chi connectivity index (χ0) is 21.0. The van der Waals surface area contributed by atoms with Crippen LogP contribution in [-0.2, 0) is 11.3 Å². The van der Waals surface area contributed by atoms with Gasteiger partial charge < -0.3 is 10.1 Å². The second-order valence-corrected chi connectivity index (χ2v) is 7.79. The number of hydrogen-bond acceptors (Lipinski definition) is 4. The molecule has 1 N–H and O–H groups in total. The van der Waals surface area contributed by atoms with Gasteiger partial charge in [0.25, 0.3) is 5.91 Å². The Morgan fingerprint density at radius 2 is 1.87 bits per heavy atom. The third-order valence-corrected chi connectivity index (χ3v) is 5.61. The van der Waals surface area contributed by atoms with Gasteiger partial charge in [-0.1, -0.05) is 60.7 Å². The lowest BCUT2D eigenvalue weighted by Crippen LogP contribution is -2.31. The number of nitrogens with one attached hydrogen (secondary N) is 1. The van der Waals surface area contributed by atoms with Crippen molar-refractivity contribution in [2.24, 2.45) is 0 Å². The normalized spacial score (nSPS) is 15.9. The number of ether oxygens (including phenoxy) is 1. The van der Waals surface area contributed by atoms with Crippen LogP contribution in [0.1, 0.15) is 28.8 Å². The van der Waals surface area contributed by atoms with E-state index in [1.807, 2.05) is 59.3 Å². The summed E-state index contributed by atoms with van der Waals surface area (Å²) in [7, 11) is 0. The zero-order valence-electron chi connectivity index (χ0n) is 17.2. The average Bonchev–Trinajstić information content (AvgIpc) is 3.48. The molecular formula is C25H24N4O2. The first-order valence-electron chi connectivity index (χ1n) is 10.6. The van der Waals surface area contributed by atoms with Gasteiger partial charge >= 0.3 is 0 Å². The van der Waals surface area contributed by atoms with Crippen LogP contribution in [0.4, 0.5) is 0 Å². The van der Waals surface area contributed by atoms with Gasteiger partial charge in [-0.2, -0.15) is 5.10 Å². The molecule has 31 heavy (non-hydrogen) atoms. The number of pyridine rings is 1. The molecule has 3 heterocycles. The lowest BCUT2D eigenvalue weighted by molar-refractivity contribution is 0.0859. The molecule has 2 aromatic heterocycles. The summed E-state index contributed by atoms with van der Waals surface area (Å²) in [6.45, 7) is 1.87. The van der Waals surface area contributed by atoms with Crippen LogP contribution in [0, 0.1) is 0 Å². The molecule has 0 radical (unpaired) electrons. The predicted molar refractivity (Wildman–Crippen MR) is 120 cm³/mol. The Hall–Kier alpha value is -3.51. The average molecular weight is 412 g/mol. The maximum absolute atomic E-state index is 13.1. The highest BCUT2D eigenvalue weighted by atomic mass is 16.5. The Morgan fingerprint density at radius 1 is 1.10 bits per heavy atom. The maximum Gasteiger partial charge on any atom is 0.252 e. The molecule has 2 aromatic carbocycles. The van der Waals surface area contributed by atoms with E-state index in [2.05, 4.69) is 22.5 Å². The first-order valence-corrected chi connectivity index (χ1v) is 10.6. The molecule has 1 amide bonds. The highest BCUT2D eigenvalue weighted by Gasteiger charge is 2.20. The highest BCUT2D eigenvalue weighted by molar-refractivity contribution is 6.06. The number of aromatic nitrogens is 3. The summed E-state index contributed by atoms with van der Waals surface area (Å²) in [6.07, 6.45) is 3.86. The molecule has 1 fully saturated rings. The van der Waals surface area contributed by atoms with Crippen molar-refractivity contribution in [3.8, 4) is 11.3 Å². The van der Waals surface area contributed by atoms with Gasteiger partial charge in [-0.15, -0.1) is 0 Å². The van der Waals surface area contributed by atoms with Gasteiger partial charge in [-0.05, 0) is 24.5 Å². The van der Waals surface area contributed by atoms with Crippen molar-refractivity contribution in [2.75, 3.05) is 13.2 Å². The lowest BCUT2D eigenvalue weighted by Gasteiger charge is -2.12. The number of benzene rings is 2. The highest BCUT2D eigenvalue weighted by Crippen LogP contribution is 2.25. The van der Waals surface area contributed by atoms with E-state index in [0.717, 1.165) is 41.7 Å². The van der Waals surface area contributed by atoms with Crippen molar-refractivity contribution >= 4 is 16.9 Å². The number of carbonyl (C=O) groups is 1. The molecule has 0 aliphatic carbocycles. The van der Waals surface area contributed by atoms with E-state index in [1.54, 1.807) is 6.20 Å². The van der Waals surface area contributed by atoms with Crippen LogP contribution in [-0.4, -0.2) is 39.9 Å². The fraction of sp³-hybridized carbons (Fsp3) is 0.240. The van der Waals surface area contributed by atoms with Crippen LogP contribution >= 0.6 is 0 Å². The summed E-state index contributed by atoms with van der Waals surface area (Å²) in [5.74, 6) is -0.126. The molecule has 6 nitrogen and oxygen atoms in total. The second kappa shape index (κ2) is 8.70. The molecule has 156 valence electrons. The Balaban J connectivity index is 1.53. The molecule has 4 aromatic rings. The smallest absolute Gasteiger partial charge is 0.252 e. The van der Waals surface area contributed by atoms with Crippen LogP contribution in [0.25, 0.3) is 22.3 Å². The minimum Gasteiger partial charge on any atom is -0.376 e. The van der Waals surface area contributed by atoms with E-state index in [4.69, 9.17) is 9.72 Å². The summed E-state index contributed by atoms with van der Waals surface area (Å²) in [4.78, 5) is 18.0. The molecular weight excluding hydrogens is 388 g/mol. The molecule has 1 atom stereocenters. The third-order valence-electron chi connectivity index (χ3n) is 5.61. The molecule has 5 rings (SSSR count). The van der Waals surface area contributed by atoms with Crippen molar-refractivity contribution in [2.45, 2.75) is 25.5 Å². The van der Waals surface area contributed by atoms with Gasteiger partial charge in [0.2, 0.25) is 0 Å². The molecule has 0 spiro atoms. The van der Waals surface area contributed by atoms with Crippen LogP contribution in [0.5, 0.6) is 0 Å². The van der Waals surface area contributed by atoms with E-state index in [1.165, 1.54) is 0 Å². The Kier molecular flexibility index (Phi) is 5.46. The van der Waals surface area contributed by atoms with E-state index in [9.17, 15) is 4.79 Å². The van der Waals surface area contributed by atoms with Gasteiger partial charge in [0, 0.05) is 18.7 Å². The summed E-state index contributed by atoms with van der Waals surface area (Å²) < 4.78 is 7.50. The number of amides is 1. The van der Waals surface area contributed by atoms with Gasteiger partial charge in [-0.25, -0.2) is 9.67 Å². The summed E-state index contributed by atoms with van der Waals surface area (Å²) in [6, 6.07) is 21.9. The van der Waals surface area contributed by atoms with Crippen LogP contribution in [0.15, 0.2) is 72.9 Å². The van der Waals surface area contributed by atoms with Gasteiger partial charge in [0.05, 0.1) is 35.5 Å². The second-order valence-electron chi connectivity index (χ2n) is 7.79. The minimum absolute atomic E-state index is 0.0932. The topological polar surface area (TPSA) is 69.0 Å². The molecule has 6 heteroatoms. The van der Waals surface area contributed by atoms with Crippen LogP contribution in [0.2, 0.25) is 0 Å². The molecule has 1 saturated heterocycles. The summed E-state index contributed by atoms with van der Waals surface area (Å²) in [5.41, 5.74) is 4.13. The van der Waals surface area contributed by atoms with Gasteiger partial charge in [0.1, 0.15) is 0 Å². The Bertz CT molecular complexity index is 1180. The SMILES string of the molecule is O=C(NC[C@@H]1CCCO1)c1cc(-c2ccccc2)nc2c1cnn2Cc1ccccc1. The van der Waals surface area contributed by atoms with Crippen molar-refractivity contribution in [1.29, 1.82) is 0 Å². The summed E-state index contributed by atoms with van der Waals surface area (Å²) >= 11 is 0. The monoisotopic (exact) mass is 412 g/mol. The quantitative estimate of drug-likeness (QED) is 0.519. The van der Waals surface area contributed by atoms with Crippen LogP contribution in [0.3, 0.4) is 0 Å². The number of fused-ring (bicyclic) bond motifs is 1. The molecule has 0 unspecified atom stereocenters. The van der Waals surface area contributed by atoms with Crippen molar-refractivity contribution in [3.63, 3.8) is 0 Å². The number of nitrogens with zero attached hydrogens (tertiary/aromatic N) is 3. The van der Waals surface area contributed by atoms with Crippen molar-refractivity contribution < 1.29 is 9.53 Å². The first kappa shape index (κ1) is 19.5. The lowest BCUT2D eigenvalue weighted by atomic mass is 10.1. The standard InChI is InChI=1S/C25H24N4O2/c30-25(26-15-20-12-7-13-31-20)21-14-23(19-10-5-2-6-11-19)28-24-22(21)16-27-29(24)17-18-8-3-1-4-9-18/h1-6,8-11,14,16,20H,7,12-13,15,17H2,(H,26,30)/t20-/m0/s1. The predicted octanol–water partition coefficient (Wildman–Crippen LogP) is 4.06. The van der Waals surface area contributed by atoms with E-state index >= 15 is 0 Å².